The third kappa shape index (κ3) is 4.46. The van der Waals surface area contributed by atoms with Gasteiger partial charge in [0, 0.05) is 41.6 Å². The van der Waals surface area contributed by atoms with Crippen LogP contribution < -0.4 is 15.5 Å². The lowest BCUT2D eigenvalue weighted by atomic mass is 10.1. The van der Waals surface area contributed by atoms with E-state index in [1.807, 2.05) is 36.9 Å². The summed E-state index contributed by atoms with van der Waals surface area (Å²) in [5.41, 5.74) is 3.71. The molecule has 0 aliphatic rings. The van der Waals surface area contributed by atoms with Gasteiger partial charge in [0.15, 0.2) is 0 Å². The third-order valence-electron chi connectivity index (χ3n) is 5.25. The number of aryl methyl sites for hydroxylation is 3. The average Bonchev–Trinajstić information content (AvgIpc) is 3.02. The highest BCUT2D eigenvalue weighted by Gasteiger charge is 2.14. The Hall–Kier alpha value is -3.38. The average molecular weight is 454 g/mol. The molecule has 4 aromatic rings. The Morgan fingerprint density at radius 1 is 1.16 bits per heavy atom. The molecule has 0 aliphatic heterocycles. The first-order valence-corrected chi connectivity index (χ1v) is 11.4. The van der Waals surface area contributed by atoms with E-state index < -0.39 is 10.0 Å². The second-order valence-corrected chi connectivity index (χ2v) is 9.11. The molecule has 1 unspecified atom stereocenters. The van der Waals surface area contributed by atoms with Gasteiger partial charge in [0.25, 0.3) is 0 Å². The molecule has 0 amide bonds. The van der Waals surface area contributed by atoms with E-state index in [-0.39, 0.29) is 28.3 Å². The summed E-state index contributed by atoms with van der Waals surface area (Å²) in [5, 5.41) is 26.4. The molecule has 10 nitrogen and oxygen atoms in total. The molecule has 1 atom stereocenters. The van der Waals surface area contributed by atoms with Crippen molar-refractivity contribution < 1.29 is 13.5 Å². The largest absolute Gasteiger partial charge is 0.627 e. The Morgan fingerprint density at radius 3 is 2.69 bits per heavy atom. The minimum absolute atomic E-state index is 0.00915. The van der Waals surface area contributed by atoms with Crippen LogP contribution in [0.2, 0.25) is 0 Å². The number of primary sulfonamides is 1. The summed E-state index contributed by atoms with van der Waals surface area (Å²) in [6.07, 6.45) is 1.47. The van der Waals surface area contributed by atoms with Gasteiger partial charge in [-0.15, -0.1) is 0 Å². The third-order valence-corrected chi connectivity index (χ3v) is 6.30. The summed E-state index contributed by atoms with van der Waals surface area (Å²) >= 11 is 0. The van der Waals surface area contributed by atoms with Gasteiger partial charge in [-0.3, -0.25) is 4.68 Å². The topological polar surface area (TPSA) is 143 Å². The molecule has 0 radical (unpaired) electrons. The number of sulfonamides is 1. The lowest BCUT2D eigenvalue weighted by molar-refractivity contribution is -0.794. The van der Waals surface area contributed by atoms with Gasteiger partial charge in [-0.2, -0.15) is 10.1 Å². The van der Waals surface area contributed by atoms with Gasteiger partial charge in [0.05, 0.1) is 10.4 Å². The van der Waals surface area contributed by atoms with Crippen LogP contribution in [0.25, 0.3) is 10.9 Å². The number of hydrogen-bond acceptors (Lipinski definition) is 7. The molecule has 32 heavy (non-hydrogen) atoms. The molecule has 2 heterocycles. The predicted molar refractivity (Wildman–Crippen MR) is 121 cm³/mol. The van der Waals surface area contributed by atoms with E-state index in [0.29, 0.717) is 11.3 Å². The van der Waals surface area contributed by atoms with Crippen LogP contribution in [-0.2, 0) is 23.6 Å². The van der Waals surface area contributed by atoms with Crippen molar-refractivity contribution >= 4 is 38.4 Å². The van der Waals surface area contributed by atoms with E-state index in [9.17, 15) is 13.6 Å². The Balaban J connectivity index is 1.54. The first-order chi connectivity index (χ1) is 15.1. The zero-order chi connectivity index (χ0) is 23.0. The smallest absolute Gasteiger partial charge is 0.238 e. The SMILES string of the molecule is Cc1ccc(Nc2nccc([NH+]([O-])Cc3ccc4c(C)n(C)nc4c3)n2)cc1S(N)(=O)=O. The molecule has 2 aromatic heterocycles. The van der Waals surface area contributed by atoms with E-state index >= 15 is 0 Å². The summed E-state index contributed by atoms with van der Waals surface area (Å²) < 4.78 is 25.3. The van der Waals surface area contributed by atoms with Crippen LogP contribution in [0.5, 0.6) is 0 Å². The Labute approximate surface area is 185 Å². The monoisotopic (exact) mass is 453 g/mol. The van der Waals surface area contributed by atoms with Crippen molar-refractivity contribution in [1.82, 2.24) is 19.7 Å². The number of rotatable bonds is 6. The maximum atomic E-state index is 12.8. The van der Waals surface area contributed by atoms with E-state index in [1.54, 1.807) is 25.1 Å². The highest BCUT2D eigenvalue weighted by Crippen LogP contribution is 2.21. The van der Waals surface area contributed by atoms with Crippen molar-refractivity contribution in [3.05, 3.63) is 70.7 Å². The molecule has 0 fully saturated rings. The molecule has 11 heteroatoms. The minimum atomic E-state index is -3.86. The van der Waals surface area contributed by atoms with Gasteiger partial charge < -0.3 is 15.6 Å². The van der Waals surface area contributed by atoms with Crippen molar-refractivity contribution in [3.8, 4) is 0 Å². The lowest BCUT2D eigenvalue weighted by Gasteiger charge is -2.21. The second-order valence-electron chi connectivity index (χ2n) is 7.58. The number of hydrogen-bond donors (Lipinski definition) is 3. The van der Waals surface area contributed by atoms with Crippen LogP contribution in [0.15, 0.2) is 53.6 Å². The minimum Gasteiger partial charge on any atom is -0.627 e. The van der Waals surface area contributed by atoms with E-state index in [4.69, 9.17) is 5.14 Å². The Bertz CT molecular complexity index is 1420. The quantitative estimate of drug-likeness (QED) is 0.376. The first kappa shape index (κ1) is 21.8. The fourth-order valence-corrected chi connectivity index (χ4v) is 4.26. The number of quaternary nitrogens is 1. The standard InChI is InChI=1S/C21H23N7O3S/c1-13-4-6-16(11-19(13)32(22,30)31)24-21-23-9-8-20(25-21)28(29)12-15-5-7-17-14(2)27(3)26-18(17)10-15/h4-11,28H,12H2,1-3H3,(H2,22,30,31)(H,23,24,25). The fraction of sp³-hybridized carbons (Fsp3) is 0.190. The van der Waals surface area contributed by atoms with E-state index in [2.05, 4.69) is 20.4 Å². The summed E-state index contributed by atoms with van der Waals surface area (Å²) in [4.78, 5) is 8.42. The van der Waals surface area contributed by atoms with Crippen molar-refractivity contribution in [2.75, 3.05) is 5.32 Å². The first-order valence-electron chi connectivity index (χ1n) is 9.81. The number of aromatic nitrogens is 4. The molecule has 0 saturated carbocycles. The highest BCUT2D eigenvalue weighted by molar-refractivity contribution is 7.89. The van der Waals surface area contributed by atoms with Crippen molar-refractivity contribution in [1.29, 1.82) is 0 Å². The van der Waals surface area contributed by atoms with Gasteiger partial charge in [0.1, 0.15) is 6.54 Å². The molecule has 4 rings (SSSR count). The van der Waals surface area contributed by atoms with Crippen LogP contribution in [0.4, 0.5) is 17.5 Å². The number of nitrogens with two attached hydrogens (primary N) is 1. The summed E-state index contributed by atoms with van der Waals surface area (Å²) in [7, 11) is -1.98. The Morgan fingerprint density at radius 2 is 1.94 bits per heavy atom. The predicted octanol–water partition coefficient (Wildman–Crippen LogP) is 1.59. The summed E-state index contributed by atoms with van der Waals surface area (Å²) in [6.45, 7) is 3.82. The van der Waals surface area contributed by atoms with Gasteiger partial charge in [0.2, 0.25) is 21.8 Å². The molecular formula is C21H23N7O3S. The van der Waals surface area contributed by atoms with Crippen molar-refractivity contribution in [3.63, 3.8) is 0 Å². The maximum absolute atomic E-state index is 12.8. The zero-order valence-electron chi connectivity index (χ0n) is 17.8. The van der Waals surface area contributed by atoms with Crippen LogP contribution in [0, 0.1) is 19.1 Å². The Kier molecular flexibility index (Phi) is 5.65. The maximum Gasteiger partial charge on any atom is 0.238 e. The second kappa shape index (κ2) is 8.28. The highest BCUT2D eigenvalue weighted by atomic mass is 32.2. The van der Waals surface area contributed by atoms with Gasteiger partial charge in [-0.25, -0.2) is 18.5 Å². The number of fused-ring (bicyclic) bond motifs is 1. The van der Waals surface area contributed by atoms with Crippen LogP contribution in [0.1, 0.15) is 16.8 Å². The van der Waals surface area contributed by atoms with Crippen molar-refractivity contribution in [2.45, 2.75) is 25.3 Å². The van der Waals surface area contributed by atoms with Crippen LogP contribution in [-0.4, -0.2) is 28.2 Å². The fourth-order valence-electron chi connectivity index (χ4n) is 3.45. The molecule has 0 aliphatic carbocycles. The normalized spacial score (nSPS) is 12.8. The number of anilines is 2. The molecule has 0 saturated heterocycles. The molecule has 0 bridgehead atoms. The molecule has 0 spiro atoms. The molecular weight excluding hydrogens is 430 g/mol. The van der Waals surface area contributed by atoms with Crippen LogP contribution >= 0.6 is 0 Å². The van der Waals surface area contributed by atoms with Gasteiger partial charge in [-0.05, 0) is 37.6 Å². The molecule has 4 N–H and O–H groups in total. The van der Waals surface area contributed by atoms with Crippen LogP contribution in [0.3, 0.4) is 0 Å². The van der Waals surface area contributed by atoms with Gasteiger partial charge in [-0.1, -0.05) is 18.2 Å². The number of nitrogens with one attached hydrogen (secondary N) is 2. The summed E-state index contributed by atoms with van der Waals surface area (Å²) in [6, 6.07) is 12.1. The van der Waals surface area contributed by atoms with Crippen molar-refractivity contribution in [2.24, 2.45) is 12.2 Å². The number of hydroxylamine groups is 1. The van der Waals surface area contributed by atoms with E-state index in [0.717, 1.165) is 22.2 Å². The number of nitrogens with zero attached hydrogens (tertiary/aromatic N) is 4. The lowest BCUT2D eigenvalue weighted by Crippen LogP contribution is -3.00. The van der Waals surface area contributed by atoms with E-state index in [1.165, 1.54) is 12.3 Å². The number of benzene rings is 2. The molecule has 166 valence electrons. The molecule has 2 aromatic carbocycles. The van der Waals surface area contributed by atoms with Gasteiger partial charge >= 0.3 is 0 Å². The zero-order valence-corrected chi connectivity index (χ0v) is 18.6. The summed E-state index contributed by atoms with van der Waals surface area (Å²) in [5.74, 6) is 0.425.